The molecule has 1 saturated carbocycles. The van der Waals surface area contributed by atoms with Crippen molar-refractivity contribution in [2.75, 3.05) is 11.9 Å². The lowest BCUT2D eigenvalue weighted by molar-refractivity contribution is 0.686. The molecule has 1 aliphatic carbocycles. The highest BCUT2D eigenvalue weighted by molar-refractivity contribution is 5.41. The molecule has 0 unspecified atom stereocenters. The van der Waals surface area contributed by atoms with Crippen LogP contribution in [0.1, 0.15) is 29.5 Å². The summed E-state index contributed by atoms with van der Waals surface area (Å²) in [7, 11) is 2.10. The van der Waals surface area contributed by atoms with E-state index in [1.54, 1.807) is 0 Å². The minimum absolute atomic E-state index is 0.743. The fourth-order valence-corrected chi connectivity index (χ4v) is 2.38. The van der Waals surface area contributed by atoms with E-state index >= 15 is 0 Å². The van der Waals surface area contributed by atoms with E-state index in [2.05, 4.69) is 65.6 Å². The van der Waals surface area contributed by atoms with Crippen molar-refractivity contribution in [2.45, 2.75) is 38.9 Å². The van der Waals surface area contributed by atoms with Crippen LogP contribution in [-0.4, -0.2) is 18.1 Å². The second kappa shape index (κ2) is 6.27. The normalized spacial score (nSPS) is 14.2. The topological polar surface area (TPSA) is 28.2 Å². The van der Waals surface area contributed by atoms with E-state index in [9.17, 15) is 0 Å². The molecule has 3 nitrogen and oxygen atoms in total. The van der Waals surface area contributed by atoms with Gasteiger partial charge < -0.3 is 10.2 Å². The summed E-state index contributed by atoms with van der Waals surface area (Å²) in [4.78, 5) is 6.69. The van der Waals surface area contributed by atoms with E-state index in [4.69, 9.17) is 0 Å². The minimum Gasteiger partial charge on any atom is -0.355 e. The van der Waals surface area contributed by atoms with Gasteiger partial charge in [0.25, 0.3) is 0 Å². The highest BCUT2D eigenvalue weighted by atomic mass is 15.2. The standard InChI is InChI=1S/C18H23N3/c1-14-3-5-15(6-4-14)13-21(2)18-11-16(9-10-19-18)12-20-17-7-8-17/h3-6,9-11,17,20H,7-8,12-13H2,1-2H3. The number of benzene rings is 1. The zero-order chi connectivity index (χ0) is 14.7. The number of hydrogen-bond acceptors (Lipinski definition) is 3. The van der Waals surface area contributed by atoms with E-state index in [-0.39, 0.29) is 0 Å². The van der Waals surface area contributed by atoms with Crippen molar-refractivity contribution in [2.24, 2.45) is 0 Å². The third-order valence-corrected chi connectivity index (χ3v) is 3.91. The number of hydrogen-bond donors (Lipinski definition) is 1. The molecule has 0 bridgehead atoms. The Hall–Kier alpha value is -1.87. The lowest BCUT2D eigenvalue weighted by Crippen LogP contribution is -2.19. The number of rotatable bonds is 6. The zero-order valence-electron chi connectivity index (χ0n) is 12.8. The Morgan fingerprint density at radius 1 is 1.14 bits per heavy atom. The SMILES string of the molecule is Cc1ccc(CN(C)c2cc(CNC3CC3)ccn2)cc1. The molecule has 1 fully saturated rings. The predicted molar refractivity (Wildman–Crippen MR) is 87.4 cm³/mol. The summed E-state index contributed by atoms with van der Waals surface area (Å²) in [6, 6.07) is 13.7. The van der Waals surface area contributed by atoms with Gasteiger partial charge >= 0.3 is 0 Å². The molecule has 0 amide bonds. The van der Waals surface area contributed by atoms with Gasteiger partial charge in [-0.1, -0.05) is 29.8 Å². The van der Waals surface area contributed by atoms with Gasteiger partial charge in [-0.3, -0.25) is 0 Å². The van der Waals surface area contributed by atoms with Gasteiger partial charge in [0.2, 0.25) is 0 Å². The van der Waals surface area contributed by atoms with E-state index in [1.807, 2.05) is 6.20 Å². The lowest BCUT2D eigenvalue weighted by Gasteiger charge is -2.19. The van der Waals surface area contributed by atoms with E-state index in [0.29, 0.717) is 0 Å². The molecule has 0 radical (unpaired) electrons. The van der Waals surface area contributed by atoms with Gasteiger partial charge in [0.1, 0.15) is 5.82 Å². The van der Waals surface area contributed by atoms with Crippen molar-refractivity contribution in [3.05, 3.63) is 59.3 Å². The molecule has 1 aromatic carbocycles. The van der Waals surface area contributed by atoms with Gasteiger partial charge in [-0.15, -0.1) is 0 Å². The summed E-state index contributed by atoms with van der Waals surface area (Å²) in [5, 5.41) is 3.55. The lowest BCUT2D eigenvalue weighted by atomic mass is 10.1. The predicted octanol–water partition coefficient (Wildman–Crippen LogP) is 3.28. The Bertz CT molecular complexity index is 588. The fraction of sp³-hybridized carbons (Fsp3) is 0.389. The van der Waals surface area contributed by atoms with Crippen molar-refractivity contribution >= 4 is 5.82 Å². The third kappa shape index (κ3) is 4.05. The van der Waals surface area contributed by atoms with Crippen LogP contribution in [0.5, 0.6) is 0 Å². The van der Waals surface area contributed by atoms with Crippen LogP contribution < -0.4 is 10.2 Å². The smallest absolute Gasteiger partial charge is 0.128 e. The van der Waals surface area contributed by atoms with Crippen molar-refractivity contribution in [3.8, 4) is 0 Å². The number of aromatic nitrogens is 1. The molecule has 0 spiro atoms. The molecule has 1 aromatic heterocycles. The molecule has 0 saturated heterocycles. The van der Waals surface area contributed by atoms with E-state index in [1.165, 1.54) is 29.5 Å². The zero-order valence-corrected chi connectivity index (χ0v) is 12.8. The van der Waals surface area contributed by atoms with Crippen LogP contribution in [0.4, 0.5) is 5.82 Å². The average Bonchev–Trinajstić information content (AvgIpc) is 3.32. The number of nitrogens with one attached hydrogen (secondary N) is 1. The minimum atomic E-state index is 0.743. The first-order valence-corrected chi connectivity index (χ1v) is 7.66. The van der Waals surface area contributed by atoms with Gasteiger partial charge in [0, 0.05) is 32.4 Å². The van der Waals surface area contributed by atoms with Crippen LogP contribution in [0.15, 0.2) is 42.6 Å². The molecule has 3 rings (SSSR count). The molecular weight excluding hydrogens is 258 g/mol. The Kier molecular flexibility index (Phi) is 4.20. The van der Waals surface area contributed by atoms with Gasteiger partial charge in [0.05, 0.1) is 0 Å². The van der Waals surface area contributed by atoms with Crippen molar-refractivity contribution in [1.29, 1.82) is 0 Å². The van der Waals surface area contributed by atoms with Gasteiger partial charge in [0.15, 0.2) is 0 Å². The maximum atomic E-state index is 4.49. The van der Waals surface area contributed by atoms with E-state index in [0.717, 1.165) is 24.9 Å². The Balaban J connectivity index is 1.63. The molecule has 1 N–H and O–H groups in total. The van der Waals surface area contributed by atoms with Crippen molar-refractivity contribution in [3.63, 3.8) is 0 Å². The van der Waals surface area contributed by atoms with Gasteiger partial charge in [-0.2, -0.15) is 0 Å². The Labute approximate surface area is 127 Å². The summed E-state index contributed by atoms with van der Waals surface area (Å²) >= 11 is 0. The molecular formula is C18H23N3. The molecule has 21 heavy (non-hydrogen) atoms. The largest absolute Gasteiger partial charge is 0.355 e. The molecule has 0 atom stereocenters. The third-order valence-electron chi connectivity index (χ3n) is 3.91. The summed E-state index contributed by atoms with van der Waals surface area (Å²) in [5.41, 5.74) is 3.92. The van der Waals surface area contributed by atoms with Gasteiger partial charge in [-0.25, -0.2) is 4.98 Å². The number of pyridine rings is 1. The van der Waals surface area contributed by atoms with Gasteiger partial charge in [-0.05, 0) is 43.0 Å². The quantitative estimate of drug-likeness (QED) is 0.880. The van der Waals surface area contributed by atoms with Crippen molar-refractivity contribution < 1.29 is 0 Å². The molecule has 1 aliphatic rings. The van der Waals surface area contributed by atoms with Crippen LogP contribution >= 0.6 is 0 Å². The number of aryl methyl sites for hydroxylation is 1. The molecule has 3 heteroatoms. The second-order valence-corrected chi connectivity index (χ2v) is 6.02. The number of anilines is 1. The summed E-state index contributed by atoms with van der Waals surface area (Å²) in [5.74, 6) is 1.03. The molecule has 1 heterocycles. The molecule has 2 aromatic rings. The van der Waals surface area contributed by atoms with Crippen LogP contribution in [0, 0.1) is 6.92 Å². The summed E-state index contributed by atoms with van der Waals surface area (Å²) < 4.78 is 0. The maximum absolute atomic E-state index is 4.49. The Morgan fingerprint density at radius 3 is 2.62 bits per heavy atom. The monoisotopic (exact) mass is 281 g/mol. The highest BCUT2D eigenvalue weighted by Gasteiger charge is 2.20. The molecule has 110 valence electrons. The second-order valence-electron chi connectivity index (χ2n) is 6.02. The average molecular weight is 281 g/mol. The van der Waals surface area contributed by atoms with E-state index < -0.39 is 0 Å². The van der Waals surface area contributed by atoms with Crippen LogP contribution in [-0.2, 0) is 13.1 Å². The first kappa shape index (κ1) is 14.1. The summed E-state index contributed by atoms with van der Waals surface area (Å²) in [6.45, 7) is 3.94. The first-order valence-electron chi connectivity index (χ1n) is 7.66. The number of nitrogens with zero attached hydrogens (tertiary/aromatic N) is 2. The van der Waals surface area contributed by atoms with Crippen LogP contribution in [0.25, 0.3) is 0 Å². The van der Waals surface area contributed by atoms with Crippen LogP contribution in [0.3, 0.4) is 0 Å². The summed E-state index contributed by atoms with van der Waals surface area (Å²) in [6.07, 6.45) is 4.56. The first-order chi connectivity index (χ1) is 10.2. The van der Waals surface area contributed by atoms with Crippen molar-refractivity contribution in [1.82, 2.24) is 10.3 Å². The molecule has 0 aliphatic heterocycles. The highest BCUT2D eigenvalue weighted by Crippen LogP contribution is 2.20. The fourth-order valence-electron chi connectivity index (χ4n) is 2.38. The van der Waals surface area contributed by atoms with Crippen LogP contribution in [0.2, 0.25) is 0 Å². The maximum Gasteiger partial charge on any atom is 0.128 e. The Morgan fingerprint density at radius 2 is 1.90 bits per heavy atom.